The van der Waals surface area contributed by atoms with Crippen molar-refractivity contribution >= 4 is 9.52 Å². The lowest BCUT2D eigenvalue weighted by atomic mass is 10.2. The van der Waals surface area contributed by atoms with Crippen LogP contribution in [0.4, 0.5) is 0 Å². The van der Waals surface area contributed by atoms with Crippen molar-refractivity contribution in [1.29, 1.82) is 0 Å². The van der Waals surface area contributed by atoms with Gasteiger partial charge in [0.2, 0.25) is 0 Å². The van der Waals surface area contributed by atoms with Crippen LogP contribution in [-0.4, -0.2) is 48.8 Å². The molecular weight excluding hydrogens is 196 g/mol. The largest absolute Gasteiger partial charge is 0.360 e. The second-order valence-electron chi connectivity index (χ2n) is 3.48. The smallest absolute Gasteiger partial charge is 0.134 e. The second kappa shape index (κ2) is 9.61. The van der Waals surface area contributed by atoms with Gasteiger partial charge >= 0.3 is 0 Å². The minimum absolute atomic E-state index is 0.0803. The van der Waals surface area contributed by atoms with Crippen molar-refractivity contribution in [3.05, 3.63) is 0 Å². The molecule has 4 nitrogen and oxygen atoms in total. The summed E-state index contributed by atoms with van der Waals surface area (Å²) in [6.07, 6.45) is 1.19. The minimum atomic E-state index is -0.257. The highest BCUT2D eigenvalue weighted by molar-refractivity contribution is 6.36. The van der Waals surface area contributed by atoms with Crippen molar-refractivity contribution in [3.63, 3.8) is 0 Å². The van der Waals surface area contributed by atoms with Gasteiger partial charge in [-0.05, 0) is 13.3 Å². The molecule has 0 bridgehead atoms. The fourth-order valence-electron chi connectivity index (χ4n) is 1.35. The van der Waals surface area contributed by atoms with Gasteiger partial charge in [0.15, 0.2) is 0 Å². The average Bonchev–Trinajstić information content (AvgIpc) is 2.21. The number of nitrogens with two attached hydrogens (primary N) is 1. The molecule has 0 aliphatic rings. The van der Waals surface area contributed by atoms with Gasteiger partial charge in [0.05, 0.1) is 9.52 Å². The Kier molecular flexibility index (Phi) is 9.64. The molecular formula is C9H24N2O2Si. The molecule has 0 aromatic heterocycles. The SMILES string of the molecule is COC(OC)[SiH2]CCC(C)NCCN. The number of nitrogens with one attached hydrogen (secondary N) is 1. The van der Waals surface area contributed by atoms with Crippen molar-refractivity contribution in [2.75, 3.05) is 27.3 Å². The van der Waals surface area contributed by atoms with E-state index in [0.29, 0.717) is 12.6 Å². The van der Waals surface area contributed by atoms with Crippen LogP contribution in [0.2, 0.25) is 6.04 Å². The molecule has 0 saturated carbocycles. The summed E-state index contributed by atoms with van der Waals surface area (Å²) in [5, 5.41) is 3.36. The van der Waals surface area contributed by atoms with Crippen LogP contribution in [0.3, 0.4) is 0 Å². The van der Waals surface area contributed by atoms with Gasteiger partial charge in [-0.2, -0.15) is 0 Å². The van der Waals surface area contributed by atoms with Crippen molar-refractivity contribution in [2.45, 2.75) is 31.3 Å². The fourth-order valence-corrected chi connectivity index (χ4v) is 3.01. The van der Waals surface area contributed by atoms with Gasteiger partial charge < -0.3 is 20.5 Å². The molecule has 0 radical (unpaired) electrons. The molecule has 14 heavy (non-hydrogen) atoms. The quantitative estimate of drug-likeness (QED) is 0.405. The summed E-state index contributed by atoms with van der Waals surface area (Å²) in [6.45, 7) is 3.81. The standard InChI is InChI=1S/C9H24N2O2Si/c1-8(11-6-5-10)4-7-14-9(12-2)13-3/h8-9,11H,4-7,10,14H2,1-3H3. The molecule has 0 aromatic carbocycles. The van der Waals surface area contributed by atoms with Crippen molar-refractivity contribution in [3.8, 4) is 0 Å². The maximum absolute atomic E-state index is 5.40. The summed E-state index contributed by atoms with van der Waals surface area (Å²) < 4.78 is 10.3. The van der Waals surface area contributed by atoms with E-state index in [1.165, 1.54) is 12.5 Å². The highest BCUT2D eigenvalue weighted by Crippen LogP contribution is 2.00. The van der Waals surface area contributed by atoms with E-state index >= 15 is 0 Å². The topological polar surface area (TPSA) is 56.5 Å². The van der Waals surface area contributed by atoms with Gasteiger partial charge in [-0.3, -0.25) is 0 Å². The lowest BCUT2D eigenvalue weighted by Gasteiger charge is -2.15. The molecule has 0 saturated heterocycles. The summed E-state index contributed by atoms with van der Waals surface area (Å²) in [5.41, 5.74) is 5.40. The first-order chi connectivity index (χ1) is 6.74. The molecule has 3 N–H and O–H groups in total. The monoisotopic (exact) mass is 220 g/mol. The molecule has 86 valence electrons. The van der Waals surface area contributed by atoms with E-state index in [4.69, 9.17) is 15.2 Å². The van der Waals surface area contributed by atoms with E-state index < -0.39 is 0 Å². The Balaban J connectivity index is 3.33. The van der Waals surface area contributed by atoms with Crippen LogP contribution in [0.5, 0.6) is 0 Å². The zero-order chi connectivity index (χ0) is 10.8. The van der Waals surface area contributed by atoms with Crippen molar-refractivity contribution in [1.82, 2.24) is 5.32 Å². The molecule has 0 spiro atoms. The summed E-state index contributed by atoms with van der Waals surface area (Å²) >= 11 is 0. The maximum Gasteiger partial charge on any atom is 0.134 e. The molecule has 0 fully saturated rings. The predicted molar refractivity (Wildman–Crippen MR) is 62.3 cm³/mol. The van der Waals surface area contributed by atoms with E-state index in [2.05, 4.69) is 12.2 Å². The number of hydrogen-bond donors (Lipinski definition) is 2. The van der Waals surface area contributed by atoms with E-state index in [1.54, 1.807) is 14.2 Å². The molecule has 1 unspecified atom stereocenters. The number of rotatable bonds is 9. The van der Waals surface area contributed by atoms with Crippen molar-refractivity contribution < 1.29 is 9.47 Å². The van der Waals surface area contributed by atoms with Crippen LogP contribution < -0.4 is 11.1 Å². The summed E-state index contributed by atoms with van der Waals surface area (Å²) in [4.78, 5) is 0. The Labute approximate surface area is 89.3 Å². The molecule has 0 aliphatic carbocycles. The van der Waals surface area contributed by atoms with E-state index in [9.17, 15) is 0 Å². The summed E-state index contributed by atoms with van der Waals surface area (Å²) in [6, 6.07) is 1.80. The third-order valence-corrected chi connectivity index (χ3v) is 4.19. The Morgan fingerprint density at radius 2 is 2.00 bits per heavy atom. The summed E-state index contributed by atoms with van der Waals surface area (Å²) in [7, 11) is 3.15. The van der Waals surface area contributed by atoms with Gasteiger partial charge in [0.1, 0.15) is 5.91 Å². The van der Waals surface area contributed by atoms with E-state index in [-0.39, 0.29) is 15.4 Å². The third-order valence-electron chi connectivity index (χ3n) is 2.24. The number of ether oxygens (including phenoxy) is 2. The van der Waals surface area contributed by atoms with Crippen LogP contribution in [0.15, 0.2) is 0 Å². The van der Waals surface area contributed by atoms with E-state index in [1.807, 2.05) is 0 Å². The molecule has 0 heterocycles. The van der Waals surface area contributed by atoms with E-state index in [0.717, 1.165) is 6.54 Å². The first kappa shape index (κ1) is 14.1. The molecule has 5 heteroatoms. The zero-order valence-electron chi connectivity index (χ0n) is 9.58. The molecule has 0 amide bonds. The van der Waals surface area contributed by atoms with Gasteiger partial charge in [0.25, 0.3) is 0 Å². The molecule has 0 rings (SSSR count). The van der Waals surface area contributed by atoms with Crippen LogP contribution >= 0.6 is 0 Å². The normalized spacial score (nSPS) is 14.4. The predicted octanol–water partition coefficient (Wildman–Crippen LogP) is -0.523. The Hall–Kier alpha value is 0.0569. The first-order valence-corrected chi connectivity index (χ1v) is 7.05. The Bertz CT molecular complexity index is 123. The molecule has 0 aromatic rings. The lowest BCUT2D eigenvalue weighted by Crippen LogP contribution is -2.32. The number of hydrogen-bond acceptors (Lipinski definition) is 4. The van der Waals surface area contributed by atoms with Gasteiger partial charge in [-0.15, -0.1) is 0 Å². The van der Waals surface area contributed by atoms with Gasteiger partial charge in [-0.1, -0.05) is 6.04 Å². The lowest BCUT2D eigenvalue weighted by molar-refractivity contribution is -0.0441. The van der Waals surface area contributed by atoms with Crippen LogP contribution in [0, 0.1) is 0 Å². The highest BCUT2D eigenvalue weighted by atomic mass is 28.2. The van der Waals surface area contributed by atoms with Crippen LogP contribution in [0.25, 0.3) is 0 Å². The maximum atomic E-state index is 5.40. The molecule has 1 atom stereocenters. The third kappa shape index (κ3) is 7.46. The Morgan fingerprint density at radius 3 is 2.50 bits per heavy atom. The van der Waals surface area contributed by atoms with Crippen molar-refractivity contribution in [2.24, 2.45) is 5.73 Å². The van der Waals surface area contributed by atoms with Crippen LogP contribution in [0.1, 0.15) is 13.3 Å². The van der Waals surface area contributed by atoms with Crippen LogP contribution in [-0.2, 0) is 9.47 Å². The van der Waals surface area contributed by atoms with Gasteiger partial charge in [-0.25, -0.2) is 0 Å². The van der Waals surface area contributed by atoms with Gasteiger partial charge in [0, 0.05) is 33.4 Å². The first-order valence-electron chi connectivity index (χ1n) is 5.23. The Morgan fingerprint density at radius 1 is 1.36 bits per heavy atom. The number of methoxy groups -OCH3 is 2. The highest BCUT2D eigenvalue weighted by Gasteiger charge is 2.07. The average molecular weight is 220 g/mol. The fraction of sp³-hybridized carbons (Fsp3) is 1.00. The zero-order valence-corrected chi connectivity index (χ0v) is 11.0. The molecule has 0 aliphatic heterocycles. The summed E-state index contributed by atoms with van der Waals surface area (Å²) in [5.74, 6) is 0.0803. The second-order valence-corrected chi connectivity index (χ2v) is 5.43. The minimum Gasteiger partial charge on any atom is -0.360 e.